The van der Waals surface area contributed by atoms with Gasteiger partial charge in [0, 0.05) is 55.2 Å². The second kappa shape index (κ2) is 8.83. The van der Waals surface area contributed by atoms with Gasteiger partial charge in [0.2, 0.25) is 11.8 Å². The number of nitrogens with zero attached hydrogens (tertiary/aromatic N) is 6. The summed E-state index contributed by atoms with van der Waals surface area (Å²) in [7, 11) is 1.83. The minimum absolute atomic E-state index is 0.00987. The normalized spacial score (nSPS) is 18.6. The monoisotopic (exact) mass is 501 g/mol. The Morgan fingerprint density at radius 2 is 2.06 bits per heavy atom. The van der Waals surface area contributed by atoms with Gasteiger partial charge in [-0.3, -0.25) is 9.48 Å². The van der Waals surface area contributed by atoms with Gasteiger partial charge in [-0.05, 0) is 48.9 Å². The van der Waals surface area contributed by atoms with Crippen LogP contribution in [-0.2, 0) is 11.8 Å². The Morgan fingerprint density at radius 1 is 1.17 bits per heavy atom. The lowest BCUT2D eigenvalue weighted by Gasteiger charge is -2.35. The molecule has 2 atom stereocenters. The number of rotatable bonds is 6. The van der Waals surface area contributed by atoms with Crippen LogP contribution in [0.25, 0.3) is 10.9 Å². The van der Waals surface area contributed by atoms with Crippen LogP contribution >= 0.6 is 11.6 Å². The summed E-state index contributed by atoms with van der Waals surface area (Å²) in [6.45, 7) is 5.15. The van der Waals surface area contributed by atoms with Crippen LogP contribution in [0.4, 0.5) is 17.2 Å². The van der Waals surface area contributed by atoms with E-state index in [1.807, 2.05) is 24.1 Å². The number of fused-ring (bicyclic) bond motifs is 3. The third-order valence-corrected chi connectivity index (χ3v) is 7.04. The van der Waals surface area contributed by atoms with Gasteiger partial charge < -0.3 is 19.9 Å². The number of carbonyl (C=O) groups is 1. The Labute approximate surface area is 213 Å². The SMILES string of the molecule is C=CC(=O)N1C[C@@H]2C[C@H]1CN2c1ccc2ncnc(Nc3ccc(Oc4ccn(C)n4)c(Cl)c3)c2c1. The maximum absolute atomic E-state index is 12.1. The van der Waals surface area contributed by atoms with Crippen LogP contribution in [0.15, 0.2) is 67.6 Å². The van der Waals surface area contributed by atoms with Crippen molar-refractivity contribution < 1.29 is 9.53 Å². The van der Waals surface area contributed by atoms with E-state index in [-0.39, 0.29) is 11.9 Å². The van der Waals surface area contributed by atoms with Gasteiger partial charge in [-0.15, -0.1) is 5.10 Å². The molecule has 2 fully saturated rings. The van der Waals surface area contributed by atoms with Crippen molar-refractivity contribution in [2.75, 3.05) is 23.3 Å². The van der Waals surface area contributed by atoms with Crippen LogP contribution in [-0.4, -0.2) is 55.7 Å². The number of anilines is 3. The van der Waals surface area contributed by atoms with Crippen LogP contribution in [0, 0.1) is 0 Å². The molecule has 2 saturated heterocycles. The van der Waals surface area contributed by atoms with Crippen molar-refractivity contribution in [1.29, 1.82) is 0 Å². The summed E-state index contributed by atoms with van der Waals surface area (Å²) in [6.07, 6.45) is 5.72. The molecule has 2 aromatic heterocycles. The van der Waals surface area contributed by atoms with Gasteiger partial charge in [0.15, 0.2) is 0 Å². The van der Waals surface area contributed by atoms with Gasteiger partial charge >= 0.3 is 0 Å². The summed E-state index contributed by atoms with van der Waals surface area (Å²) >= 11 is 6.49. The Hall–Kier alpha value is -4.11. The average Bonchev–Trinajstić information content (AvgIpc) is 3.61. The maximum atomic E-state index is 12.1. The predicted octanol–water partition coefficient (Wildman–Crippen LogP) is 4.53. The molecule has 0 saturated carbocycles. The van der Waals surface area contributed by atoms with Gasteiger partial charge in [-0.2, -0.15) is 0 Å². The minimum Gasteiger partial charge on any atom is -0.436 e. The van der Waals surface area contributed by atoms with E-state index in [1.165, 1.54) is 6.08 Å². The van der Waals surface area contributed by atoms with E-state index in [1.54, 1.807) is 35.4 Å². The van der Waals surface area contributed by atoms with Crippen molar-refractivity contribution in [3.63, 3.8) is 0 Å². The number of ether oxygens (including phenoxy) is 1. The summed E-state index contributed by atoms with van der Waals surface area (Å²) in [4.78, 5) is 25.3. The number of hydrogen-bond acceptors (Lipinski definition) is 7. The highest BCUT2D eigenvalue weighted by atomic mass is 35.5. The third kappa shape index (κ3) is 4.01. The van der Waals surface area contributed by atoms with Crippen molar-refractivity contribution in [2.45, 2.75) is 18.5 Å². The largest absolute Gasteiger partial charge is 0.436 e. The Balaban J connectivity index is 1.24. The summed E-state index contributed by atoms with van der Waals surface area (Å²) in [6, 6.07) is 14.0. The molecule has 36 heavy (non-hydrogen) atoms. The first-order valence-electron chi connectivity index (χ1n) is 11.7. The lowest BCUT2D eigenvalue weighted by Crippen LogP contribution is -2.48. The van der Waals surface area contributed by atoms with E-state index in [2.05, 4.69) is 44.0 Å². The summed E-state index contributed by atoms with van der Waals surface area (Å²) in [5, 5.41) is 8.95. The molecule has 0 radical (unpaired) electrons. The molecule has 182 valence electrons. The first-order chi connectivity index (χ1) is 17.5. The van der Waals surface area contributed by atoms with Crippen LogP contribution in [0.3, 0.4) is 0 Å². The first kappa shape index (κ1) is 22.4. The Bertz CT molecular complexity index is 1490. The number of aryl methyl sites for hydroxylation is 1. The second-order valence-corrected chi connectivity index (χ2v) is 9.42. The number of carbonyl (C=O) groups excluding carboxylic acids is 1. The number of benzene rings is 2. The van der Waals surface area contributed by atoms with E-state index < -0.39 is 0 Å². The zero-order chi connectivity index (χ0) is 24.8. The quantitative estimate of drug-likeness (QED) is 0.388. The van der Waals surface area contributed by atoms with E-state index in [0.717, 1.165) is 41.8 Å². The molecule has 1 N–H and O–H groups in total. The maximum Gasteiger partial charge on any atom is 0.246 e. The molecule has 2 aliphatic heterocycles. The summed E-state index contributed by atoms with van der Waals surface area (Å²) in [5.74, 6) is 1.69. The van der Waals surface area contributed by atoms with Crippen molar-refractivity contribution in [3.05, 3.63) is 72.7 Å². The summed E-state index contributed by atoms with van der Waals surface area (Å²) < 4.78 is 7.44. The zero-order valence-electron chi connectivity index (χ0n) is 19.6. The van der Waals surface area contributed by atoms with Gasteiger partial charge in [0.25, 0.3) is 0 Å². The molecule has 2 aromatic carbocycles. The van der Waals surface area contributed by atoms with Gasteiger partial charge in [0.05, 0.1) is 16.6 Å². The van der Waals surface area contributed by atoms with E-state index >= 15 is 0 Å². The predicted molar refractivity (Wildman–Crippen MR) is 139 cm³/mol. The highest BCUT2D eigenvalue weighted by Gasteiger charge is 2.44. The van der Waals surface area contributed by atoms with Crippen LogP contribution in [0.2, 0.25) is 5.02 Å². The lowest BCUT2D eigenvalue weighted by molar-refractivity contribution is -0.127. The van der Waals surface area contributed by atoms with Crippen molar-refractivity contribution >= 4 is 45.6 Å². The molecule has 10 heteroatoms. The highest BCUT2D eigenvalue weighted by Crippen LogP contribution is 2.37. The fraction of sp³-hybridized carbons (Fsp3) is 0.231. The highest BCUT2D eigenvalue weighted by molar-refractivity contribution is 6.32. The first-order valence-corrected chi connectivity index (χ1v) is 12.0. The minimum atomic E-state index is 0.00987. The zero-order valence-corrected chi connectivity index (χ0v) is 20.4. The number of amides is 1. The molecule has 2 bridgehead atoms. The standard InChI is InChI=1S/C26H24ClN7O2/c1-3-25(35)34-14-18-11-19(34)13-33(18)17-5-6-22-20(12-17)26(29-15-28-22)30-16-4-7-23(21(27)10-16)36-24-8-9-32(2)31-24/h3-10,12,15,18-19H,1,11,13-14H2,2H3,(H,28,29,30)/t18-,19-/m0/s1. The summed E-state index contributed by atoms with van der Waals surface area (Å²) in [5.41, 5.74) is 2.71. The molecule has 1 amide bonds. The number of halogens is 1. The van der Waals surface area contributed by atoms with Gasteiger partial charge in [0.1, 0.15) is 17.9 Å². The Morgan fingerprint density at radius 3 is 2.78 bits per heavy atom. The van der Waals surface area contributed by atoms with Crippen molar-refractivity contribution in [1.82, 2.24) is 24.6 Å². The Kier molecular flexibility index (Phi) is 5.49. The van der Waals surface area contributed by atoms with Crippen molar-refractivity contribution in [2.24, 2.45) is 7.05 Å². The molecule has 0 spiro atoms. The second-order valence-electron chi connectivity index (χ2n) is 9.01. The topological polar surface area (TPSA) is 88.4 Å². The molecule has 6 rings (SSSR count). The number of piperazine rings is 1. The molecule has 0 unspecified atom stereocenters. The average molecular weight is 502 g/mol. The smallest absolute Gasteiger partial charge is 0.246 e. The molecular formula is C26H24ClN7O2. The van der Waals surface area contributed by atoms with E-state index in [9.17, 15) is 4.79 Å². The third-order valence-electron chi connectivity index (χ3n) is 6.75. The molecule has 9 nitrogen and oxygen atoms in total. The van der Waals surface area contributed by atoms with Crippen LogP contribution < -0.4 is 15.0 Å². The fourth-order valence-corrected chi connectivity index (χ4v) is 5.27. The van der Waals surface area contributed by atoms with Gasteiger partial charge in [-0.25, -0.2) is 9.97 Å². The molecular weight excluding hydrogens is 478 g/mol. The van der Waals surface area contributed by atoms with E-state index in [0.29, 0.717) is 28.5 Å². The fourth-order valence-electron chi connectivity index (χ4n) is 5.05. The van der Waals surface area contributed by atoms with Crippen LogP contribution in [0.1, 0.15) is 6.42 Å². The molecule has 4 heterocycles. The molecule has 0 aliphatic carbocycles. The number of aromatic nitrogens is 4. The van der Waals surface area contributed by atoms with Gasteiger partial charge in [-0.1, -0.05) is 18.2 Å². The lowest BCUT2D eigenvalue weighted by atomic mass is 10.1. The molecule has 2 aliphatic rings. The number of nitrogens with one attached hydrogen (secondary N) is 1. The van der Waals surface area contributed by atoms with Crippen LogP contribution in [0.5, 0.6) is 11.6 Å². The number of hydrogen-bond donors (Lipinski definition) is 1. The molecule has 4 aromatic rings. The number of likely N-dealkylation sites (tertiary alicyclic amines) is 1. The van der Waals surface area contributed by atoms with E-state index in [4.69, 9.17) is 16.3 Å². The van der Waals surface area contributed by atoms with Crippen molar-refractivity contribution in [3.8, 4) is 11.6 Å².